The Morgan fingerprint density at radius 1 is 1.29 bits per heavy atom. The molecule has 0 bridgehead atoms. The monoisotopic (exact) mass is 247 g/mol. The summed E-state index contributed by atoms with van der Waals surface area (Å²) in [4.78, 5) is 0. The Bertz CT molecular complexity index is 479. The van der Waals surface area contributed by atoms with Gasteiger partial charge in [-0.05, 0) is 40.2 Å². The number of benzene rings is 1. The lowest BCUT2D eigenvalue weighted by Gasteiger charge is -1.99. The second-order valence-corrected chi connectivity index (χ2v) is 3.68. The second kappa shape index (κ2) is 3.64. The van der Waals surface area contributed by atoms with E-state index in [2.05, 4.69) is 27.1 Å². The van der Waals surface area contributed by atoms with Crippen LogP contribution in [0.5, 0.6) is 0 Å². The summed E-state index contributed by atoms with van der Waals surface area (Å²) in [5, 5.41) is 12.8. The number of hydrogen-bond acceptors (Lipinski definition) is 2. The van der Waals surface area contributed by atoms with E-state index in [1.54, 1.807) is 23.0 Å². The largest absolute Gasteiger partial charge is 0.240 e. The van der Waals surface area contributed by atoms with Crippen LogP contribution in [0.4, 0.5) is 0 Å². The number of aromatic nitrogens is 2. The molecule has 1 aromatic heterocycles. The molecule has 14 heavy (non-hydrogen) atoms. The summed E-state index contributed by atoms with van der Waals surface area (Å²) in [5.41, 5.74) is 1.59. The summed E-state index contributed by atoms with van der Waals surface area (Å²) in [6.07, 6.45) is 3.58. The van der Waals surface area contributed by atoms with E-state index in [9.17, 15) is 0 Å². The molecular formula is C10H6BrN3. The maximum Gasteiger partial charge on any atom is 0.0991 e. The number of nitriles is 1. The summed E-state index contributed by atoms with van der Waals surface area (Å²) in [5.74, 6) is 0. The Balaban J connectivity index is 2.39. The lowest BCUT2D eigenvalue weighted by atomic mass is 10.2. The van der Waals surface area contributed by atoms with Crippen molar-refractivity contribution >= 4 is 15.9 Å². The Morgan fingerprint density at radius 3 is 2.50 bits per heavy atom. The van der Waals surface area contributed by atoms with E-state index in [1.807, 2.05) is 18.3 Å². The summed E-state index contributed by atoms with van der Waals surface area (Å²) in [6, 6.07) is 9.33. The molecule has 0 saturated carbocycles. The molecule has 0 unspecified atom stereocenters. The predicted octanol–water partition coefficient (Wildman–Crippen LogP) is 2.51. The zero-order chi connectivity index (χ0) is 9.97. The van der Waals surface area contributed by atoms with Gasteiger partial charge in [-0.1, -0.05) is 0 Å². The fraction of sp³-hybridized carbons (Fsp3) is 0. The van der Waals surface area contributed by atoms with Gasteiger partial charge >= 0.3 is 0 Å². The summed E-state index contributed by atoms with van der Waals surface area (Å²) in [7, 11) is 0. The summed E-state index contributed by atoms with van der Waals surface area (Å²) < 4.78 is 2.67. The molecule has 0 amide bonds. The summed E-state index contributed by atoms with van der Waals surface area (Å²) in [6.45, 7) is 0. The van der Waals surface area contributed by atoms with E-state index in [4.69, 9.17) is 5.26 Å². The van der Waals surface area contributed by atoms with Crippen LogP contribution in [0.25, 0.3) is 5.69 Å². The first-order chi connectivity index (χ1) is 6.79. The molecule has 2 rings (SSSR count). The minimum absolute atomic E-state index is 0.653. The Hall–Kier alpha value is -1.60. The third-order valence-corrected chi connectivity index (χ3v) is 2.22. The van der Waals surface area contributed by atoms with E-state index in [0.717, 1.165) is 10.2 Å². The van der Waals surface area contributed by atoms with E-state index < -0.39 is 0 Å². The third-order valence-electron chi connectivity index (χ3n) is 1.81. The Kier molecular flexibility index (Phi) is 2.33. The highest BCUT2D eigenvalue weighted by Crippen LogP contribution is 2.12. The van der Waals surface area contributed by atoms with Crippen LogP contribution in [-0.2, 0) is 0 Å². The highest BCUT2D eigenvalue weighted by molar-refractivity contribution is 9.10. The van der Waals surface area contributed by atoms with Gasteiger partial charge in [-0.15, -0.1) is 0 Å². The molecule has 68 valence electrons. The number of nitrogens with zero attached hydrogens (tertiary/aromatic N) is 3. The first-order valence-corrected chi connectivity index (χ1v) is 4.79. The lowest BCUT2D eigenvalue weighted by Crippen LogP contribution is -1.93. The van der Waals surface area contributed by atoms with Gasteiger partial charge in [-0.3, -0.25) is 0 Å². The maximum absolute atomic E-state index is 8.62. The molecule has 0 N–H and O–H groups in total. The first-order valence-electron chi connectivity index (χ1n) is 4.00. The first kappa shape index (κ1) is 8.97. The molecule has 0 atom stereocenters. The standard InChI is InChI=1S/C10H6BrN3/c11-9-6-13-14(7-9)10-3-1-8(5-12)2-4-10/h1-4,6-7H. The fourth-order valence-electron chi connectivity index (χ4n) is 1.13. The normalized spacial score (nSPS) is 9.71. The van der Waals surface area contributed by atoms with Crippen LogP contribution in [0.2, 0.25) is 0 Å². The lowest BCUT2D eigenvalue weighted by molar-refractivity contribution is 0.880. The average molecular weight is 248 g/mol. The van der Waals surface area contributed by atoms with Crippen molar-refractivity contribution in [3.63, 3.8) is 0 Å². The fourth-order valence-corrected chi connectivity index (χ4v) is 1.42. The molecule has 4 heteroatoms. The molecule has 0 aliphatic heterocycles. The molecule has 0 aliphatic rings. The van der Waals surface area contributed by atoms with Gasteiger partial charge in [0.2, 0.25) is 0 Å². The molecule has 0 saturated heterocycles. The third kappa shape index (κ3) is 1.68. The van der Waals surface area contributed by atoms with Crippen molar-refractivity contribution in [1.29, 1.82) is 5.26 Å². The molecule has 2 aromatic rings. The average Bonchev–Trinajstić information content (AvgIpc) is 2.65. The molecule has 1 aromatic carbocycles. The zero-order valence-electron chi connectivity index (χ0n) is 7.18. The molecule has 3 nitrogen and oxygen atoms in total. The van der Waals surface area contributed by atoms with Gasteiger partial charge in [0.15, 0.2) is 0 Å². The van der Waals surface area contributed by atoms with E-state index >= 15 is 0 Å². The Morgan fingerprint density at radius 2 is 2.00 bits per heavy atom. The van der Waals surface area contributed by atoms with Crippen LogP contribution < -0.4 is 0 Å². The number of hydrogen-bond donors (Lipinski definition) is 0. The van der Waals surface area contributed by atoms with Gasteiger partial charge in [0.1, 0.15) is 0 Å². The molecule has 0 radical (unpaired) electrons. The highest BCUT2D eigenvalue weighted by Gasteiger charge is 1.98. The van der Waals surface area contributed by atoms with Crippen LogP contribution >= 0.6 is 15.9 Å². The van der Waals surface area contributed by atoms with Crippen molar-refractivity contribution < 1.29 is 0 Å². The van der Waals surface area contributed by atoms with E-state index in [0.29, 0.717) is 5.56 Å². The van der Waals surface area contributed by atoms with Gasteiger partial charge in [0, 0.05) is 6.20 Å². The van der Waals surface area contributed by atoms with Crippen molar-refractivity contribution in [3.8, 4) is 11.8 Å². The van der Waals surface area contributed by atoms with Crippen LogP contribution in [-0.4, -0.2) is 9.78 Å². The minimum atomic E-state index is 0.653. The highest BCUT2D eigenvalue weighted by atomic mass is 79.9. The van der Waals surface area contributed by atoms with Gasteiger partial charge < -0.3 is 0 Å². The molecular weight excluding hydrogens is 242 g/mol. The predicted molar refractivity (Wildman–Crippen MR) is 56.0 cm³/mol. The topological polar surface area (TPSA) is 41.6 Å². The van der Waals surface area contributed by atoms with Crippen LogP contribution in [0.15, 0.2) is 41.1 Å². The van der Waals surface area contributed by atoms with Crippen molar-refractivity contribution in [3.05, 3.63) is 46.7 Å². The van der Waals surface area contributed by atoms with E-state index in [-0.39, 0.29) is 0 Å². The SMILES string of the molecule is N#Cc1ccc(-n2cc(Br)cn2)cc1. The smallest absolute Gasteiger partial charge is 0.0991 e. The van der Waals surface area contributed by atoms with Crippen molar-refractivity contribution in [2.45, 2.75) is 0 Å². The van der Waals surface area contributed by atoms with Crippen LogP contribution in [0.3, 0.4) is 0 Å². The minimum Gasteiger partial charge on any atom is -0.240 e. The van der Waals surface area contributed by atoms with Gasteiger partial charge in [-0.2, -0.15) is 10.4 Å². The van der Waals surface area contributed by atoms with Gasteiger partial charge in [-0.25, -0.2) is 4.68 Å². The summed E-state index contributed by atoms with van der Waals surface area (Å²) >= 11 is 3.32. The molecule has 0 spiro atoms. The van der Waals surface area contributed by atoms with Gasteiger partial charge in [0.05, 0.1) is 28.0 Å². The molecule has 1 heterocycles. The zero-order valence-corrected chi connectivity index (χ0v) is 8.77. The molecule has 0 aliphatic carbocycles. The number of rotatable bonds is 1. The van der Waals surface area contributed by atoms with Crippen molar-refractivity contribution in [2.75, 3.05) is 0 Å². The van der Waals surface area contributed by atoms with E-state index in [1.165, 1.54) is 0 Å². The second-order valence-electron chi connectivity index (χ2n) is 2.76. The van der Waals surface area contributed by atoms with Gasteiger partial charge in [0.25, 0.3) is 0 Å². The Labute approximate surface area is 89.7 Å². The quantitative estimate of drug-likeness (QED) is 0.777. The maximum atomic E-state index is 8.62. The number of halogens is 1. The molecule has 0 fully saturated rings. The van der Waals surface area contributed by atoms with Crippen LogP contribution in [0, 0.1) is 11.3 Å². The van der Waals surface area contributed by atoms with Crippen molar-refractivity contribution in [2.24, 2.45) is 0 Å². The van der Waals surface area contributed by atoms with Crippen molar-refractivity contribution in [1.82, 2.24) is 9.78 Å². The van der Waals surface area contributed by atoms with Crippen LogP contribution in [0.1, 0.15) is 5.56 Å².